The van der Waals surface area contributed by atoms with Gasteiger partial charge in [0, 0.05) is 18.7 Å². The predicted octanol–water partition coefficient (Wildman–Crippen LogP) is 3.34. The predicted molar refractivity (Wildman–Crippen MR) is 89.3 cm³/mol. The van der Waals surface area contributed by atoms with E-state index in [0.717, 1.165) is 11.1 Å². The summed E-state index contributed by atoms with van der Waals surface area (Å²) >= 11 is 0. The molecule has 0 aromatic heterocycles. The molecule has 3 nitrogen and oxygen atoms in total. The number of amides is 1. The maximum absolute atomic E-state index is 12.0. The molecule has 0 fully saturated rings. The fraction of sp³-hybridized carbons (Fsp3) is 0.0526. The van der Waals surface area contributed by atoms with E-state index in [4.69, 9.17) is 0 Å². The van der Waals surface area contributed by atoms with Gasteiger partial charge < -0.3 is 5.32 Å². The number of nitrogens with one attached hydrogen (secondary N) is 1. The summed E-state index contributed by atoms with van der Waals surface area (Å²) in [5, 5.41) is 2.52. The molecular formula is C19H17NO2. The molecule has 2 aromatic rings. The van der Waals surface area contributed by atoms with E-state index in [-0.39, 0.29) is 11.7 Å². The van der Waals surface area contributed by atoms with E-state index in [1.54, 1.807) is 37.4 Å². The number of carbonyl (C=O) groups is 2. The highest BCUT2D eigenvalue weighted by Gasteiger charge is 1.99. The lowest BCUT2D eigenvalue weighted by atomic mass is 10.1. The zero-order valence-electron chi connectivity index (χ0n) is 12.3. The lowest BCUT2D eigenvalue weighted by Gasteiger charge is -1.98. The first kappa shape index (κ1) is 15.4. The molecule has 0 bridgehead atoms. The van der Waals surface area contributed by atoms with Gasteiger partial charge in [0.05, 0.1) is 0 Å². The van der Waals surface area contributed by atoms with Crippen molar-refractivity contribution in [2.75, 3.05) is 7.05 Å². The molecule has 0 spiro atoms. The Kier molecular flexibility index (Phi) is 5.44. The minimum Gasteiger partial charge on any atom is -0.356 e. The summed E-state index contributed by atoms with van der Waals surface area (Å²) in [6.45, 7) is 0. The first-order valence-corrected chi connectivity index (χ1v) is 6.96. The van der Waals surface area contributed by atoms with Crippen molar-refractivity contribution in [1.29, 1.82) is 0 Å². The SMILES string of the molecule is CNC(=O)/C=C/c1cccc(/C=C/C(=O)c2ccccc2)c1. The third-order valence-corrected chi connectivity index (χ3v) is 3.07. The van der Waals surface area contributed by atoms with Gasteiger partial charge in [-0.3, -0.25) is 9.59 Å². The lowest BCUT2D eigenvalue weighted by molar-refractivity contribution is -0.115. The second-order valence-electron chi connectivity index (χ2n) is 4.68. The first-order chi connectivity index (χ1) is 10.7. The van der Waals surface area contributed by atoms with Gasteiger partial charge in [0.25, 0.3) is 0 Å². The molecule has 0 aliphatic heterocycles. The number of ketones is 1. The van der Waals surface area contributed by atoms with Crippen LogP contribution in [0.25, 0.3) is 12.2 Å². The molecule has 3 heteroatoms. The minimum absolute atomic E-state index is 0.0353. The standard InChI is InChI=1S/C19H17NO2/c1-20-19(22)13-11-16-7-5-6-15(14-16)10-12-18(21)17-8-3-2-4-9-17/h2-14H,1H3,(H,20,22)/b12-10+,13-11+. The number of benzene rings is 2. The van der Waals surface area contributed by atoms with Gasteiger partial charge in [-0.15, -0.1) is 0 Å². The zero-order chi connectivity index (χ0) is 15.8. The fourth-order valence-electron chi connectivity index (χ4n) is 1.89. The van der Waals surface area contributed by atoms with Crippen LogP contribution >= 0.6 is 0 Å². The second kappa shape index (κ2) is 7.74. The van der Waals surface area contributed by atoms with Gasteiger partial charge in [-0.05, 0) is 29.3 Å². The van der Waals surface area contributed by atoms with Crippen LogP contribution in [0.2, 0.25) is 0 Å². The molecule has 0 saturated carbocycles. The summed E-state index contributed by atoms with van der Waals surface area (Å²) in [7, 11) is 1.58. The molecule has 110 valence electrons. The van der Waals surface area contributed by atoms with Crippen molar-refractivity contribution in [1.82, 2.24) is 5.32 Å². The number of hydrogen-bond acceptors (Lipinski definition) is 2. The topological polar surface area (TPSA) is 46.2 Å². The fourth-order valence-corrected chi connectivity index (χ4v) is 1.89. The molecular weight excluding hydrogens is 274 g/mol. The summed E-state index contributed by atoms with van der Waals surface area (Å²) in [4.78, 5) is 23.2. The summed E-state index contributed by atoms with van der Waals surface area (Å²) < 4.78 is 0. The average Bonchev–Trinajstić information content (AvgIpc) is 2.58. The summed E-state index contributed by atoms with van der Waals surface area (Å²) in [6, 6.07) is 16.7. The number of carbonyl (C=O) groups excluding carboxylic acids is 2. The van der Waals surface area contributed by atoms with E-state index in [2.05, 4.69) is 5.32 Å². The molecule has 0 aliphatic rings. The Morgan fingerprint density at radius 3 is 2.14 bits per heavy atom. The third-order valence-electron chi connectivity index (χ3n) is 3.07. The van der Waals surface area contributed by atoms with Gasteiger partial charge in [-0.25, -0.2) is 0 Å². The van der Waals surface area contributed by atoms with Gasteiger partial charge in [0.2, 0.25) is 5.91 Å². The van der Waals surface area contributed by atoms with E-state index in [1.165, 1.54) is 6.08 Å². The van der Waals surface area contributed by atoms with Gasteiger partial charge in [0.1, 0.15) is 0 Å². The normalized spacial score (nSPS) is 11.0. The van der Waals surface area contributed by atoms with Crippen LogP contribution in [0, 0.1) is 0 Å². The average molecular weight is 291 g/mol. The number of likely N-dealkylation sites (N-methyl/N-ethyl adjacent to an activating group) is 1. The van der Waals surface area contributed by atoms with Crippen LogP contribution in [-0.2, 0) is 4.79 Å². The van der Waals surface area contributed by atoms with Crippen LogP contribution in [0.1, 0.15) is 21.5 Å². The molecule has 1 amide bonds. The molecule has 2 rings (SSSR count). The minimum atomic E-state index is -0.153. The maximum atomic E-state index is 12.0. The molecule has 2 aromatic carbocycles. The Morgan fingerprint density at radius 1 is 0.864 bits per heavy atom. The van der Waals surface area contributed by atoms with Crippen LogP contribution < -0.4 is 5.32 Å². The van der Waals surface area contributed by atoms with Crippen molar-refractivity contribution >= 4 is 23.8 Å². The van der Waals surface area contributed by atoms with E-state index in [9.17, 15) is 9.59 Å². The molecule has 0 heterocycles. The maximum Gasteiger partial charge on any atom is 0.243 e. The van der Waals surface area contributed by atoms with Crippen molar-refractivity contribution in [2.45, 2.75) is 0 Å². The van der Waals surface area contributed by atoms with Crippen LogP contribution in [0.15, 0.2) is 66.7 Å². The van der Waals surface area contributed by atoms with Crippen LogP contribution in [0.5, 0.6) is 0 Å². The van der Waals surface area contributed by atoms with Crippen LogP contribution in [0.3, 0.4) is 0 Å². The quantitative estimate of drug-likeness (QED) is 0.678. The largest absolute Gasteiger partial charge is 0.356 e. The Hall–Kier alpha value is -2.94. The van der Waals surface area contributed by atoms with Crippen LogP contribution in [0.4, 0.5) is 0 Å². The lowest BCUT2D eigenvalue weighted by Crippen LogP contribution is -2.13. The van der Waals surface area contributed by atoms with Crippen molar-refractivity contribution in [2.24, 2.45) is 0 Å². The highest BCUT2D eigenvalue weighted by Crippen LogP contribution is 2.10. The molecule has 0 aliphatic carbocycles. The Morgan fingerprint density at radius 2 is 1.50 bits per heavy atom. The second-order valence-corrected chi connectivity index (χ2v) is 4.68. The van der Waals surface area contributed by atoms with Crippen LogP contribution in [-0.4, -0.2) is 18.7 Å². The summed E-state index contributed by atoms with van der Waals surface area (Å²) in [5.74, 6) is -0.188. The van der Waals surface area contributed by atoms with E-state index >= 15 is 0 Å². The summed E-state index contributed by atoms with van der Waals surface area (Å²) in [6.07, 6.45) is 6.52. The van der Waals surface area contributed by atoms with Crippen molar-refractivity contribution in [3.63, 3.8) is 0 Å². The third kappa shape index (κ3) is 4.56. The number of hydrogen-bond donors (Lipinski definition) is 1. The Bertz CT molecular complexity index is 715. The van der Waals surface area contributed by atoms with E-state index in [0.29, 0.717) is 5.56 Å². The Labute approximate surface area is 130 Å². The number of allylic oxidation sites excluding steroid dienone is 1. The molecule has 0 atom stereocenters. The summed E-state index contributed by atoms with van der Waals surface area (Å²) in [5.41, 5.74) is 2.47. The molecule has 22 heavy (non-hydrogen) atoms. The molecule has 0 unspecified atom stereocenters. The van der Waals surface area contributed by atoms with Gasteiger partial charge in [0.15, 0.2) is 5.78 Å². The number of rotatable bonds is 5. The zero-order valence-corrected chi connectivity index (χ0v) is 12.3. The monoisotopic (exact) mass is 291 g/mol. The first-order valence-electron chi connectivity index (χ1n) is 6.96. The van der Waals surface area contributed by atoms with E-state index < -0.39 is 0 Å². The van der Waals surface area contributed by atoms with Gasteiger partial charge >= 0.3 is 0 Å². The highest BCUT2D eigenvalue weighted by molar-refractivity contribution is 6.06. The Balaban J connectivity index is 2.10. The molecule has 0 saturated heterocycles. The van der Waals surface area contributed by atoms with Gasteiger partial charge in [-0.2, -0.15) is 0 Å². The molecule has 0 radical (unpaired) electrons. The van der Waals surface area contributed by atoms with E-state index in [1.807, 2.05) is 42.5 Å². The molecule has 1 N–H and O–H groups in total. The highest BCUT2D eigenvalue weighted by atomic mass is 16.1. The van der Waals surface area contributed by atoms with Crippen molar-refractivity contribution in [3.8, 4) is 0 Å². The van der Waals surface area contributed by atoms with Crippen molar-refractivity contribution in [3.05, 3.63) is 83.4 Å². The smallest absolute Gasteiger partial charge is 0.243 e. The van der Waals surface area contributed by atoms with Gasteiger partial charge in [-0.1, -0.05) is 54.6 Å². The van der Waals surface area contributed by atoms with Crippen molar-refractivity contribution < 1.29 is 9.59 Å².